The van der Waals surface area contributed by atoms with E-state index in [0.717, 1.165) is 16.8 Å². The van der Waals surface area contributed by atoms with E-state index in [1.165, 1.54) is 11.8 Å². The predicted molar refractivity (Wildman–Crippen MR) is 97.7 cm³/mol. The molecule has 27 heavy (non-hydrogen) atoms. The van der Waals surface area contributed by atoms with Gasteiger partial charge in [0, 0.05) is 13.1 Å². The number of amides is 1. The van der Waals surface area contributed by atoms with Crippen molar-refractivity contribution in [3.05, 3.63) is 29.3 Å². The number of benzene rings is 1. The average molecular weight is 391 g/mol. The van der Waals surface area contributed by atoms with Crippen molar-refractivity contribution in [1.82, 2.24) is 25.1 Å². The number of carbonyl (C=O) groups is 2. The summed E-state index contributed by atoms with van der Waals surface area (Å²) in [6.45, 7) is 5.76. The van der Waals surface area contributed by atoms with Gasteiger partial charge in [0.25, 0.3) is 5.91 Å². The van der Waals surface area contributed by atoms with Crippen LogP contribution >= 0.6 is 11.8 Å². The molecular formula is C17H21N5O4S. The number of aromatic nitrogens is 4. The first kappa shape index (κ1) is 19.3. The van der Waals surface area contributed by atoms with Crippen LogP contribution in [0.5, 0.6) is 0 Å². The maximum atomic E-state index is 12.0. The van der Waals surface area contributed by atoms with Crippen molar-refractivity contribution < 1.29 is 19.1 Å². The van der Waals surface area contributed by atoms with Crippen molar-refractivity contribution in [2.24, 2.45) is 0 Å². The molecule has 9 nitrogen and oxygen atoms in total. The van der Waals surface area contributed by atoms with Gasteiger partial charge in [0.1, 0.15) is 0 Å². The highest BCUT2D eigenvalue weighted by atomic mass is 32.2. The smallest absolute Gasteiger partial charge is 0.316 e. The van der Waals surface area contributed by atoms with Gasteiger partial charge in [-0.3, -0.25) is 9.59 Å². The SMILES string of the molecule is Cc1ccc(C)c(-n2nnnc2SCC(=O)OCC(=O)N2CCOCC2)c1. The van der Waals surface area contributed by atoms with E-state index >= 15 is 0 Å². The fourth-order valence-electron chi connectivity index (χ4n) is 2.58. The standard InChI is InChI=1S/C17H21N5O4S/c1-12-3-4-13(2)14(9-12)22-17(18-19-20-22)27-11-16(24)26-10-15(23)21-5-7-25-8-6-21/h3-4,9H,5-8,10-11H2,1-2H3. The van der Waals surface area contributed by atoms with Gasteiger partial charge in [-0.05, 0) is 41.5 Å². The normalized spacial score (nSPS) is 14.2. The van der Waals surface area contributed by atoms with E-state index in [1.807, 2.05) is 32.0 Å². The molecule has 0 unspecified atom stereocenters. The summed E-state index contributed by atoms with van der Waals surface area (Å²) in [5, 5.41) is 12.2. The van der Waals surface area contributed by atoms with E-state index in [4.69, 9.17) is 9.47 Å². The Morgan fingerprint density at radius 3 is 2.81 bits per heavy atom. The van der Waals surface area contributed by atoms with Gasteiger partial charge < -0.3 is 14.4 Å². The van der Waals surface area contributed by atoms with E-state index in [1.54, 1.807) is 9.58 Å². The Bertz CT molecular complexity index is 819. The molecule has 144 valence electrons. The quantitative estimate of drug-likeness (QED) is 0.526. The minimum atomic E-state index is -0.489. The molecule has 1 amide bonds. The molecule has 1 aliphatic heterocycles. The second-order valence-corrected chi connectivity index (χ2v) is 7.05. The maximum Gasteiger partial charge on any atom is 0.316 e. The number of aryl methyl sites for hydroxylation is 2. The Morgan fingerprint density at radius 2 is 2.04 bits per heavy atom. The molecule has 1 aromatic carbocycles. The van der Waals surface area contributed by atoms with Crippen molar-refractivity contribution in [3.63, 3.8) is 0 Å². The van der Waals surface area contributed by atoms with Crippen molar-refractivity contribution in [2.75, 3.05) is 38.7 Å². The van der Waals surface area contributed by atoms with Gasteiger partial charge in [-0.15, -0.1) is 5.10 Å². The fraction of sp³-hybridized carbons (Fsp3) is 0.471. The Hall–Kier alpha value is -2.46. The zero-order chi connectivity index (χ0) is 19.2. The molecule has 1 saturated heterocycles. The first-order valence-electron chi connectivity index (χ1n) is 8.54. The van der Waals surface area contributed by atoms with Crippen molar-refractivity contribution in [1.29, 1.82) is 0 Å². The highest BCUT2D eigenvalue weighted by Gasteiger charge is 2.19. The van der Waals surface area contributed by atoms with Crippen LogP contribution in [0.15, 0.2) is 23.4 Å². The number of thioether (sulfide) groups is 1. The summed E-state index contributed by atoms with van der Waals surface area (Å²) in [5.74, 6) is -0.685. The third-order valence-corrected chi connectivity index (χ3v) is 4.97. The van der Waals surface area contributed by atoms with Gasteiger partial charge in [-0.25, -0.2) is 0 Å². The molecule has 10 heteroatoms. The van der Waals surface area contributed by atoms with Crippen LogP contribution in [-0.2, 0) is 19.1 Å². The van der Waals surface area contributed by atoms with Crippen LogP contribution in [0, 0.1) is 13.8 Å². The highest BCUT2D eigenvalue weighted by Crippen LogP contribution is 2.21. The molecular weight excluding hydrogens is 370 g/mol. The van der Waals surface area contributed by atoms with Crippen LogP contribution < -0.4 is 0 Å². The number of rotatable bonds is 6. The molecule has 1 aromatic heterocycles. The first-order valence-corrected chi connectivity index (χ1v) is 9.53. The third-order valence-electron chi connectivity index (χ3n) is 4.07. The minimum absolute atomic E-state index is 0.0155. The van der Waals surface area contributed by atoms with Gasteiger partial charge in [0.05, 0.1) is 24.7 Å². The minimum Gasteiger partial charge on any atom is -0.455 e. The lowest BCUT2D eigenvalue weighted by atomic mass is 10.1. The molecule has 0 radical (unpaired) electrons. The molecule has 0 spiro atoms. The van der Waals surface area contributed by atoms with Crippen LogP contribution in [0.3, 0.4) is 0 Å². The van der Waals surface area contributed by atoms with E-state index in [-0.39, 0.29) is 18.3 Å². The first-order chi connectivity index (χ1) is 13.0. The van der Waals surface area contributed by atoms with E-state index in [0.29, 0.717) is 31.5 Å². The van der Waals surface area contributed by atoms with Crippen molar-refractivity contribution in [3.8, 4) is 5.69 Å². The lowest BCUT2D eigenvalue weighted by molar-refractivity contribution is -0.151. The van der Waals surface area contributed by atoms with Gasteiger partial charge in [0.2, 0.25) is 5.16 Å². The summed E-state index contributed by atoms with van der Waals surface area (Å²) < 4.78 is 11.9. The second-order valence-electron chi connectivity index (χ2n) is 6.11. The number of hydrogen-bond donors (Lipinski definition) is 0. The largest absolute Gasteiger partial charge is 0.455 e. The molecule has 1 fully saturated rings. The number of morpholine rings is 1. The van der Waals surface area contributed by atoms with E-state index in [2.05, 4.69) is 15.5 Å². The lowest BCUT2D eigenvalue weighted by Crippen LogP contribution is -2.42. The van der Waals surface area contributed by atoms with Crippen LogP contribution in [-0.4, -0.2) is 75.6 Å². The highest BCUT2D eigenvalue weighted by molar-refractivity contribution is 7.99. The van der Waals surface area contributed by atoms with Gasteiger partial charge in [-0.1, -0.05) is 23.9 Å². The number of ether oxygens (including phenoxy) is 2. The molecule has 1 aliphatic rings. The Labute approximate surface area is 161 Å². The summed E-state index contributed by atoms with van der Waals surface area (Å²) in [6.07, 6.45) is 0. The molecule has 2 aromatic rings. The number of carbonyl (C=O) groups excluding carboxylic acids is 2. The van der Waals surface area contributed by atoms with Crippen LogP contribution in [0.1, 0.15) is 11.1 Å². The molecule has 0 N–H and O–H groups in total. The number of hydrogen-bond acceptors (Lipinski definition) is 8. The molecule has 0 aliphatic carbocycles. The van der Waals surface area contributed by atoms with Crippen LogP contribution in [0.4, 0.5) is 0 Å². The summed E-state index contributed by atoms with van der Waals surface area (Å²) in [6, 6.07) is 5.99. The number of nitrogens with zero attached hydrogens (tertiary/aromatic N) is 5. The maximum absolute atomic E-state index is 12.0. The van der Waals surface area contributed by atoms with Gasteiger partial charge in [-0.2, -0.15) is 4.68 Å². The third kappa shape index (κ3) is 5.04. The Kier molecular flexibility index (Phi) is 6.40. The fourth-order valence-corrected chi connectivity index (χ4v) is 3.26. The van der Waals surface area contributed by atoms with Gasteiger partial charge >= 0.3 is 5.97 Å². The lowest BCUT2D eigenvalue weighted by Gasteiger charge is -2.26. The topological polar surface area (TPSA) is 99.4 Å². The van der Waals surface area contributed by atoms with Crippen molar-refractivity contribution >= 4 is 23.6 Å². The summed E-state index contributed by atoms with van der Waals surface area (Å²) >= 11 is 1.17. The van der Waals surface area contributed by atoms with Crippen molar-refractivity contribution in [2.45, 2.75) is 19.0 Å². The number of esters is 1. The summed E-state index contributed by atoms with van der Waals surface area (Å²) in [4.78, 5) is 25.6. The summed E-state index contributed by atoms with van der Waals surface area (Å²) in [7, 11) is 0. The van der Waals surface area contributed by atoms with Gasteiger partial charge in [0.15, 0.2) is 6.61 Å². The molecule has 3 rings (SSSR count). The monoisotopic (exact) mass is 391 g/mol. The van der Waals surface area contributed by atoms with Crippen LogP contribution in [0.2, 0.25) is 0 Å². The zero-order valence-corrected chi connectivity index (χ0v) is 16.1. The Morgan fingerprint density at radius 1 is 1.26 bits per heavy atom. The number of tetrazole rings is 1. The molecule has 0 saturated carbocycles. The molecule has 0 atom stereocenters. The summed E-state index contributed by atoms with van der Waals surface area (Å²) in [5.41, 5.74) is 2.97. The van der Waals surface area contributed by atoms with E-state index in [9.17, 15) is 9.59 Å². The average Bonchev–Trinajstić information content (AvgIpc) is 3.15. The predicted octanol–water partition coefficient (Wildman–Crippen LogP) is 0.773. The zero-order valence-electron chi connectivity index (χ0n) is 15.3. The molecule has 0 bridgehead atoms. The molecule has 2 heterocycles. The van der Waals surface area contributed by atoms with E-state index < -0.39 is 5.97 Å². The Balaban J connectivity index is 1.53. The van der Waals surface area contributed by atoms with Crippen LogP contribution in [0.25, 0.3) is 5.69 Å². The second kappa shape index (κ2) is 8.96.